The van der Waals surface area contributed by atoms with Gasteiger partial charge in [-0.15, -0.1) is 0 Å². The fourth-order valence-electron chi connectivity index (χ4n) is 7.68. The van der Waals surface area contributed by atoms with Gasteiger partial charge in [-0.1, -0.05) is 59.8 Å². The van der Waals surface area contributed by atoms with E-state index in [4.69, 9.17) is 5.73 Å². The van der Waals surface area contributed by atoms with Gasteiger partial charge in [-0.25, -0.2) is 0 Å². The number of nitrogens with two attached hydrogens (primary N) is 1. The molecule has 39 heavy (non-hydrogen) atoms. The predicted molar refractivity (Wildman–Crippen MR) is 162 cm³/mol. The zero-order chi connectivity index (χ0) is 28.1. The van der Waals surface area contributed by atoms with Crippen molar-refractivity contribution in [3.63, 3.8) is 0 Å². The molecule has 1 aliphatic carbocycles. The van der Waals surface area contributed by atoms with Gasteiger partial charge in [-0.05, 0) is 63.3 Å². The van der Waals surface area contributed by atoms with Crippen LogP contribution in [0.2, 0.25) is 0 Å². The van der Waals surface area contributed by atoms with Crippen molar-refractivity contribution in [3.8, 4) is 0 Å². The molecule has 1 saturated carbocycles. The summed E-state index contributed by atoms with van der Waals surface area (Å²) in [6, 6.07) is 1.23. The molecule has 3 fully saturated rings. The molecule has 4 aliphatic rings. The van der Waals surface area contributed by atoms with E-state index in [2.05, 4.69) is 52.3 Å². The highest BCUT2D eigenvalue weighted by atomic mass is 16.3. The van der Waals surface area contributed by atoms with Gasteiger partial charge >= 0.3 is 0 Å². The number of nitrogens with zero attached hydrogens (tertiary/aromatic N) is 5. The van der Waals surface area contributed by atoms with E-state index >= 15 is 0 Å². The smallest absolute Gasteiger partial charge is 0.194 e. The number of hydrogen-bond acceptors (Lipinski definition) is 6. The van der Waals surface area contributed by atoms with E-state index < -0.39 is 6.10 Å². The Bertz CT molecular complexity index is 809. The molecule has 4 N–H and O–H groups in total. The van der Waals surface area contributed by atoms with Gasteiger partial charge < -0.3 is 25.5 Å². The molecule has 8 nitrogen and oxygen atoms in total. The third-order valence-electron chi connectivity index (χ3n) is 10.1. The Labute approximate surface area is 238 Å². The maximum Gasteiger partial charge on any atom is 0.194 e. The largest absolute Gasteiger partial charge is 0.391 e. The van der Waals surface area contributed by atoms with Crippen LogP contribution in [-0.2, 0) is 0 Å². The summed E-state index contributed by atoms with van der Waals surface area (Å²) in [6.07, 6.45) is 12.1. The minimum absolute atomic E-state index is 0.0142. The summed E-state index contributed by atoms with van der Waals surface area (Å²) in [5.74, 6) is 3.32. The van der Waals surface area contributed by atoms with Gasteiger partial charge in [0.2, 0.25) is 0 Å². The SMILES string of the molecule is CC(C)CCCN1C(=N)N(C(CC2CCCCC2)CN2CCCC2CN2C(N)=NCC2C(C)C)CC1[C@@H](C)O. The van der Waals surface area contributed by atoms with Crippen molar-refractivity contribution in [1.82, 2.24) is 19.6 Å². The second-order valence-corrected chi connectivity index (χ2v) is 13.9. The van der Waals surface area contributed by atoms with E-state index in [1.54, 1.807) is 0 Å². The summed E-state index contributed by atoms with van der Waals surface area (Å²) in [5.41, 5.74) is 6.38. The van der Waals surface area contributed by atoms with Crippen LogP contribution in [0.3, 0.4) is 0 Å². The minimum Gasteiger partial charge on any atom is -0.391 e. The van der Waals surface area contributed by atoms with Crippen molar-refractivity contribution in [2.24, 2.45) is 28.5 Å². The molecule has 4 rings (SSSR count). The first kappa shape index (κ1) is 30.4. The lowest BCUT2D eigenvalue weighted by atomic mass is 9.84. The Hall–Kier alpha value is -1.54. The monoisotopic (exact) mass is 545 g/mol. The van der Waals surface area contributed by atoms with Gasteiger partial charge in [0.05, 0.1) is 24.7 Å². The molecule has 224 valence electrons. The number of hydrogen-bond donors (Lipinski definition) is 3. The summed E-state index contributed by atoms with van der Waals surface area (Å²) in [7, 11) is 0. The van der Waals surface area contributed by atoms with Crippen molar-refractivity contribution >= 4 is 11.9 Å². The van der Waals surface area contributed by atoms with Gasteiger partial charge in [-0.2, -0.15) is 0 Å². The van der Waals surface area contributed by atoms with Crippen LogP contribution in [-0.4, -0.2) is 106 Å². The summed E-state index contributed by atoms with van der Waals surface area (Å²) in [6.45, 7) is 16.6. The third kappa shape index (κ3) is 7.60. The highest BCUT2D eigenvalue weighted by Crippen LogP contribution is 2.33. The number of aliphatic hydroxyl groups excluding tert-OH is 1. The lowest BCUT2D eigenvalue weighted by molar-refractivity contribution is 0.0998. The zero-order valence-electron chi connectivity index (χ0n) is 25.7. The summed E-state index contributed by atoms with van der Waals surface area (Å²) < 4.78 is 0. The maximum absolute atomic E-state index is 10.7. The number of guanidine groups is 2. The molecule has 4 unspecified atom stereocenters. The molecule has 3 heterocycles. The normalized spacial score (nSPS) is 28.8. The van der Waals surface area contributed by atoms with Crippen molar-refractivity contribution in [3.05, 3.63) is 0 Å². The molecule has 0 aromatic heterocycles. The van der Waals surface area contributed by atoms with Crippen molar-refractivity contribution < 1.29 is 5.11 Å². The lowest BCUT2D eigenvalue weighted by Gasteiger charge is -2.39. The van der Waals surface area contributed by atoms with Crippen LogP contribution < -0.4 is 5.73 Å². The van der Waals surface area contributed by atoms with Crippen molar-refractivity contribution in [2.45, 2.75) is 129 Å². The summed E-state index contributed by atoms with van der Waals surface area (Å²) in [5, 5.41) is 20.1. The lowest BCUT2D eigenvalue weighted by Crippen LogP contribution is -2.53. The third-order valence-corrected chi connectivity index (χ3v) is 10.1. The number of aliphatic imine (C=N–C) groups is 1. The Morgan fingerprint density at radius 1 is 1.00 bits per heavy atom. The molecule has 0 spiro atoms. The highest BCUT2D eigenvalue weighted by molar-refractivity contribution is 5.80. The van der Waals surface area contributed by atoms with E-state index in [1.165, 1.54) is 51.4 Å². The topological polar surface area (TPSA) is 95.4 Å². The standard InChI is InChI=1S/C31H59N7O/c1-22(2)11-9-16-36-29(24(5)39)21-37(31(36)33)27(17-25-12-7-6-8-13-25)19-35-15-10-14-26(35)20-38-28(23(3)4)18-34-30(38)32/h22-29,33,39H,6-21H2,1-5H3,(H2,32,34)/t24-,26?,27?,28?,29?/m1/s1. The van der Waals surface area contributed by atoms with E-state index in [0.717, 1.165) is 64.0 Å². The first-order chi connectivity index (χ1) is 18.7. The average Bonchev–Trinajstić information content (AvgIpc) is 3.58. The Kier molecular flexibility index (Phi) is 10.8. The number of likely N-dealkylation sites (tertiary alicyclic amines) is 1. The van der Waals surface area contributed by atoms with Gasteiger partial charge in [-0.3, -0.25) is 15.3 Å². The van der Waals surface area contributed by atoms with Crippen LogP contribution in [0.25, 0.3) is 0 Å². The average molecular weight is 546 g/mol. The van der Waals surface area contributed by atoms with Gasteiger partial charge in [0.25, 0.3) is 0 Å². The van der Waals surface area contributed by atoms with Crippen LogP contribution in [0, 0.1) is 23.2 Å². The van der Waals surface area contributed by atoms with E-state index in [9.17, 15) is 10.5 Å². The zero-order valence-corrected chi connectivity index (χ0v) is 25.7. The molecule has 2 saturated heterocycles. The van der Waals surface area contributed by atoms with Crippen molar-refractivity contribution in [1.29, 1.82) is 5.41 Å². The number of nitrogens with one attached hydrogen (secondary N) is 1. The van der Waals surface area contributed by atoms with Gasteiger partial charge in [0.1, 0.15) is 0 Å². The Morgan fingerprint density at radius 2 is 1.74 bits per heavy atom. The van der Waals surface area contributed by atoms with Crippen LogP contribution >= 0.6 is 0 Å². The molecule has 5 atom stereocenters. The first-order valence-corrected chi connectivity index (χ1v) is 16.3. The molecular weight excluding hydrogens is 486 g/mol. The minimum atomic E-state index is -0.435. The molecular formula is C31H59N7O. The Morgan fingerprint density at radius 3 is 2.41 bits per heavy atom. The van der Waals surface area contributed by atoms with Crippen LogP contribution in [0.15, 0.2) is 4.99 Å². The van der Waals surface area contributed by atoms with E-state index in [0.29, 0.717) is 35.9 Å². The Balaban J connectivity index is 1.49. The van der Waals surface area contributed by atoms with Crippen LogP contribution in [0.5, 0.6) is 0 Å². The van der Waals surface area contributed by atoms with Crippen LogP contribution in [0.1, 0.15) is 98.8 Å². The first-order valence-electron chi connectivity index (χ1n) is 16.3. The van der Waals surface area contributed by atoms with Gasteiger partial charge in [0, 0.05) is 38.3 Å². The molecule has 0 aromatic rings. The molecule has 0 amide bonds. The fraction of sp³-hybridized carbons (Fsp3) is 0.935. The molecule has 8 heteroatoms. The van der Waals surface area contributed by atoms with Gasteiger partial charge in [0.15, 0.2) is 11.9 Å². The maximum atomic E-state index is 10.7. The summed E-state index contributed by atoms with van der Waals surface area (Å²) >= 11 is 0. The van der Waals surface area contributed by atoms with Crippen LogP contribution in [0.4, 0.5) is 0 Å². The highest BCUT2D eigenvalue weighted by Gasteiger charge is 2.42. The summed E-state index contributed by atoms with van der Waals surface area (Å²) in [4.78, 5) is 14.3. The van der Waals surface area contributed by atoms with E-state index in [1.807, 2.05) is 6.92 Å². The second kappa shape index (κ2) is 13.9. The molecule has 3 aliphatic heterocycles. The number of rotatable bonds is 13. The number of aliphatic hydroxyl groups is 1. The van der Waals surface area contributed by atoms with E-state index in [-0.39, 0.29) is 6.04 Å². The molecule has 0 aromatic carbocycles. The fourth-order valence-corrected chi connectivity index (χ4v) is 7.68. The quantitative estimate of drug-likeness (QED) is 0.321. The second-order valence-electron chi connectivity index (χ2n) is 13.9. The molecule has 0 radical (unpaired) electrons. The molecule has 0 bridgehead atoms. The van der Waals surface area contributed by atoms with Crippen molar-refractivity contribution in [2.75, 3.05) is 39.3 Å². The predicted octanol–water partition coefficient (Wildman–Crippen LogP) is 4.18.